The van der Waals surface area contributed by atoms with Crippen molar-refractivity contribution in [1.29, 1.82) is 0 Å². The number of allylic oxidation sites excluding steroid dienone is 3. The Morgan fingerprint density at radius 2 is 2.12 bits per heavy atom. The van der Waals surface area contributed by atoms with Crippen LogP contribution in [-0.4, -0.2) is 17.7 Å². The van der Waals surface area contributed by atoms with Crippen LogP contribution in [0.25, 0.3) is 0 Å². The van der Waals surface area contributed by atoms with Gasteiger partial charge in [-0.25, -0.2) is 4.79 Å². The van der Waals surface area contributed by atoms with Crippen molar-refractivity contribution in [2.75, 3.05) is 6.61 Å². The van der Waals surface area contributed by atoms with Gasteiger partial charge in [-0.15, -0.1) is 0 Å². The maximum absolute atomic E-state index is 10.4. The van der Waals surface area contributed by atoms with Crippen LogP contribution in [0.4, 0.5) is 0 Å². The standard InChI is InChI=1S/C14H22O3/c1-3-4-5-6-7-8-11-17-12-9-10-13(2)14(15)16/h6-8,11H,2-5,9-10,12H2,1H3,(H,15,16). The van der Waals surface area contributed by atoms with Crippen molar-refractivity contribution in [2.45, 2.75) is 39.0 Å². The van der Waals surface area contributed by atoms with Crippen molar-refractivity contribution in [1.82, 2.24) is 0 Å². The highest BCUT2D eigenvalue weighted by atomic mass is 16.5. The largest absolute Gasteiger partial charge is 0.501 e. The van der Waals surface area contributed by atoms with E-state index in [4.69, 9.17) is 9.84 Å². The minimum Gasteiger partial charge on any atom is -0.501 e. The molecule has 3 nitrogen and oxygen atoms in total. The van der Waals surface area contributed by atoms with E-state index in [9.17, 15) is 4.79 Å². The van der Waals surface area contributed by atoms with Crippen LogP contribution >= 0.6 is 0 Å². The zero-order valence-electron chi connectivity index (χ0n) is 10.5. The number of hydrogen-bond donors (Lipinski definition) is 1. The number of hydrogen-bond acceptors (Lipinski definition) is 2. The molecule has 0 aromatic heterocycles. The molecule has 0 heterocycles. The molecule has 0 radical (unpaired) electrons. The van der Waals surface area contributed by atoms with Gasteiger partial charge in [0.1, 0.15) is 0 Å². The highest BCUT2D eigenvalue weighted by Crippen LogP contribution is 2.02. The third kappa shape index (κ3) is 10.8. The highest BCUT2D eigenvalue weighted by molar-refractivity contribution is 5.85. The lowest BCUT2D eigenvalue weighted by molar-refractivity contribution is -0.132. The molecule has 0 spiro atoms. The summed E-state index contributed by atoms with van der Waals surface area (Å²) in [6.45, 7) is 6.13. The van der Waals surface area contributed by atoms with E-state index in [0.29, 0.717) is 19.4 Å². The van der Waals surface area contributed by atoms with Crippen LogP contribution in [0.3, 0.4) is 0 Å². The lowest BCUT2D eigenvalue weighted by atomic mass is 10.2. The van der Waals surface area contributed by atoms with E-state index in [1.807, 2.05) is 12.2 Å². The van der Waals surface area contributed by atoms with E-state index in [0.717, 1.165) is 6.42 Å². The molecule has 17 heavy (non-hydrogen) atoms. The molecule has 0 aliphatic rings. The Bertz CT molecular complexity index is 277. The minimum atomic E-state index is -0.931. The van der Waals surface area contributed by atoms with Crippen LogP contribution in [0.2, 0.25) is 0 Å². The first-order valence-electron chi connectivity index (χ1n) is 6.02. The number of unbranched alkanes of at least 4 members (excludes halogenated alkanes) is 2. The fourth-order valence-corrected chi connectivity index (χ4v) is 1.14. The first-order valence-corrected chi connectivity index (χ1v) is 6.02. The average Bonchev–Trinajstić information content (AvgIpc) is 2.31. The van der Waals surface area contributed by atoms with Gasteiger partial charge in [0.15, 0.2) is 0 Å². The van der Waals surface area contributed by atoms with Gasteiger partial charge in [-0.3, -0.25) is 0 Å². The SMILES string of the molecule is C=C(CCCOC=CC=CCCCC)C(=O)O. The Morgan fingerprint density at radius 1 is 1.35 bits per heavy atom. The molecule has 0 amide bonds. The van der Waals surface area contributed by atoms with Crippen LogP contribution in [0, 0.1) is 0 Å². The quantitative estimate of drug-likeness (QED) is 0.273. The van der Waals surface area contributed by atoms with Gasteiger partial charge < -0.3 is 9.84 Å². The van der Waals surface area contributed by atoms with Crippen molar-refractivity contribution < 1.29 is 14.6 Å². The van der Waals surface area contributed by atoms with Crippen LogP contribution in [0.15, 0.2) is 36.6 Å². The molecule has 0 saturated carbocycles. The van der Waals surface area contributed by atoms with E-state index >= 15 is 0 Å². The Morgan fingerprint density at radius 3 is 2.76 bits per heavy atom. The van der Waals surface area contributed by atoms with E-state index in [2.05, 4.69) is 19.6 Å². The van der Waals surface area contributed by atoms with Gasteiger partial charge in [-0.1, -0.05) is 38.5 Å². The van der Waals surface area contributed by atoms with Gasteiger partial charge in [-0.2, -0.15) is 0 Å². The van der Waals surface area contributed by atoms with Crippen molar-refractivity contribution >= 4 is 5.97 Å². The molecule has 0 rings (SSSR count). The zero-order valence-corrected chi connectivity index (χ0v) is 10.5. The van der Waals surface area contributed by atoms with E-state index < -0.39 is 5.97 Å². The van der Waals surface area contributed by atoms with Crippen LogP contribution in [0.1, 0.15) is 39.0 Å². The summed E-state index contributed by atoms with van der Waals surface area (Å²) in [6, 6.07) is 0. The van der Waals surface area contributed by atoms with Gasteiger partial charge in [0.2, 0.25) is 0 Å². The number of aliphatic carboxylic acids is 1. The van der Waals surface area contributed by atoms with Crippen molar-refractivity contribution in [3.8, 4) is 0 Å². The normalized spacial score (nSPS) is 11.1. The molecule has 0 aliphatic heterocycles. The van der Waals surface area contributed by atoms with Gasteiger partial charge in [0.25, 0.3) is 0 Å². The predicted molar refractivity (Wildman–Crippen MR) is 69.8 cm³/mol. The van der Waals surface area contributed by atoms with E-state index in [1.165, 1.54) is 12.8 Å². The first-order chi connectivity index (χ1) is 8.18. The van der Waals surface area contributed by atoms with Gasteiger partial charge in [-0.05, 0) is 25.3 Å². The van der Waals surface area contributed by atoms with E-state index in [-0.39, 0.29) is 5.57 Å². The molecule has 0 fully saturated rings. The molecular weight excluding hydrogens is 216 g/mol. The summed E-state index contributed by atoms with van der Waals surface area (Å²) in [6.07, 6.45) is 12.2. The van der Waals surface area contributed by atoms with Gasteiger partial charge >= 0.3 is 5.97 Å². The van der Waals surface area contributed by atoms with Crippen molar-refractivity contribution in [3.63, 3.8) is 0 Å². The third-order valence-corrected chi connectivity index (χ3v) is 2.19. The molecular formula is C14H22O3. The monoisotopic (exact) mass is 238 g/mol. The lowest BCUT2D eigenvalue weighted by Gasteiger charge is -2.00. The molecule has 0 atom stereocenters. The predicted octanol–water partition coefficient (Wildman–Crippen LogP) is 3.68. The number of rotatable bonds is 10. The second kappa shape index (κ2) is 11.0. The summed E-state index contributed by atoms with van der Waals surface area (Å²) in [5.74, 6) is -0.931. The molecule has 0 saturated heterocycles. The minimum absolute atomic E-state index is 0.233. The second-order valence-corrected chi connectivity index (χ2v) is 3.78. The molecule has 0 bridgehead atoms. The topological polar surface area (TPSA) is 46.5 Å². The Balaban J connectivity index is 3.39. The molecule has 0 aliphatic carbocycles. The number of carboxylic acid groups (broad SMARTS) is 1. The molecule has 0 aromatic rings. The number of carboxylic acids is 1. The maximum atomic E-state index is 10.4. The summed E-state index contributed by atoms with van der Waals surface area (Å²) in [7, 11) is 0. The number of carbonyl (C=O) groups is 1. The van der Waals surface area contributed by atoms with Crippen LogP contribution in [0.5, 0.6) is 0 Å². The fraction of sp³-hybridized carbons (Fsp3) is 0.500. The molecule has 3 heteroatoms. The van der Waals surface area contributed by atoms with Crippen molar-refractivity contribution in [3.05, 3.63) is 36.6 Å². The zero-order chi connectivity index (χ0) is 12.9. The summed E-state index contributed by atoms with van der Waals surface area (Å²) < 4.78 is 5.20. The van der Waals surface area contributed by atoms with Crippen LogP contribution < -0.4 is 0 Å². The Labute approximate surface area is 103 Å². The van der Waals surface area contributed by atoms with Crippen LogP contribution in [-0.2, 0) is 9.53 Å². The fourth-order valence-electron chi connectivity index (χ4n) is 1.14. The summed E-state index contributed by atoms with van der Waals surface area (Å²) >= 11 is 0. The second-order valence-electron chi connectivity index (χ2n) is 3.78. The van der Waals surface area contributed by atoms with E-state index in [1.54, 1.807) is 6.26 Å². The summed E-state index contributed by atoms with van der Waals surface area (Å²) in [5, 5.41) is 8.56. The van der Waals surface area contributed by atoms with Gasteiger partial charge in [0.05, 0.1) is 12.9 Å². The highest BCUT2D eigenvalue weighted by Gasteiger charge is 2.01. The summed E-state index contributed by atoms with van der Waals surface area (Å²) in [4.78, 5) is 10.4. The molecule has 0 aromatic carbocycles. The Kier molecular flexibility index (Phi) is 10.0. The average molecular weight is 238 g/mol. The van der Waals surface area contributed by atoms with Gasteiger partial charge in [0, 0.05) is 5.57 Å². The smallest absolute Gasteiger partial charge is 0.330 e. The Hall–Kier alpha value is -1.51. The summed E-state index contributed by atoms with van der Waals surface area (Å²) in [5.41, 5.74) is 0.233. The molecule has 0 unspecified atom stereocenters. The number of ether oxygens (including phenoxy) is 1. The van der Waals surface area contributed by atoms with Crippen molar-refractivity contribution in [2.24, 2.45) is 0 Å². The lowest BCUT2D eigenvalue weighted by Crippen LogP contribution is -2.00. The molecule has 96 valence electrons. The third-order valence-electron chi connectivity index (χ3n) is 2.19. The molecule has 1 N–H and O–H groups in total. The first kappa shape index (κ1) is 15.5. The maximum Gasteiger partial charge on any atom is 0.330 e.